The molecule has 2 rings (SSSR count). The summed E-state index contributed by atoms with van der Waals surface area (Å²) < 4.78 is 26.6. The minimum absolute atomic E-state index is 0.249. The molecule has 6 heteroatoms. The lowest BCUT2D eigenvalue weighted by molar-refractivity contribution is 0.572. The predicted octanol–water partition coefficient (Wildman–Crippen LogP) is 1.79. The zero-order valence-electron chi connectivity index (χ0n) is 10.6. The molecule has 4 nitrogen and oxygen atoms in total. The Kier molecular flexibility index (Phi) is 4.54. The summed E-state index contributed by atoms with van der Waals surface area (Å²) in [6, 6.07) is 6.30. The molecule has 0 atom stereocenters. The molecule has 1 aliphatic rings. The molecule has 1 aliphatic carbocycles. The molecule has 0 unspecified atom stereocenters. The standard InChI is InChI=1S/C13H18N2O2S2/c14-13(18)11-5-7-12(8-6-11)19(16,17)15-9-1-2-10-3-4-10/h5-8,10,15H,1-4,9H2,(H2,14,18). The van der Waals surface area contributed by atoms with E-state index in [1.54, 1.807) is 12.1 Å². The van der Waals surface area contributed by atoms with Gasteiger partial charge in [-0.15, -0.1) is 0 Å². The van der Waals surface area contributed by atoms with Crippen molar-refractivity contribution in [3.8, 4) is 0 Å². The fourth-order valence-corrected chi connectivity index (χ4v) is 3.10. The maximum absolute atomic E-state index is 12.0. The second kappa shape index (κ2) is 5.98. The first-order valence-electron chi connectivity index (χ1n) is 6.38. The molecule has 0 radical (unpaired) electrons. The predicted molar refractivity (Wildman–Crippen MR) is 79.5 cm³/mol. The van der Waals surface area contributed by atoms with E-state index < -0.39 is 10.0 Å². The quantitative estimate of drug-likeness (QED) is 0.594. The van der Waals surface area contributed by atoms with Gasteiger partial charge >= 0.3 is 0 Å². The maximum atomic E-state index is 12.0. The maximum Gasteiger partial charge on any atom is 0.240 e. The van der Waals surface area contributed by atoms with Crippen molar-refractivity contribution in [2.24, 2.45) is 11.7 Å². The summed E-state index contributed by atoms with van der Waals surface area (Å²) in [6.07, 6.45) is 4.61. The van der Waals surface area contributed by atoms with Gasteiger partial charge in [0.1, 0.15) is 4.99 Å². The Balaban J connectivity index is 1.91. The van der Waals surface area contributed by atoms with Crippen molar-refractivity contribution in [3.63, 3.8) is 0 Å². The number of nitrogens with one attached hydrogen (secondary N) is 1. The van der Waals surface area contributed by atoms with Crippen LogP contribution in [0.3, 0.4) is 0 Å². The smallest absolute Gasteiger partial charge is 0.240 e. The molecule has 1 fully saturated rings. The first-order chi connectivity index (χ1) is 8.99. The van der Waals surface area contributed by atoms with Crippen LogP contribution in [-0.2, 0) is 10.0 Å². The van der Waals surface area contributed by atoms with Gasteiger partial charge in [0.25, 0.3) is 0 Å². The molecule has 3 N–H and O–H groups in total. The Hall–Kier alpha value is -0.980. The van der Waals surface area contributed by atoms with Crippen LogP contribution in [0.15, 0.2) is 29.2 Å². The van der Waals surface area contributed by atoms with Crippen molar-refractivity contribution in [1.29, 1.82) is 0 Å². The average molecular weight is 298 g/mol. The highest BCUT2D eigenvalue weighted by molar-refractivity contribution is 7.89. The molecule has 0 bridgehead atoms. The topological polar surface area (TPSA) is 72.2 Å². The second-order valence-corrected chi connectivity index (χ2v) is 7.08. The number of nitrogens with two attached hydrogens (primary N) is 1. The zero-order valence-corrected chi connectivity index (χ0v) is 12.3. The summed E-state index contributed by atoms with van der Waals surface area (Å²) in [6.45, 7) is 0.496. The Morgan fingerprint density at radius 3 is 2.47 bits per heavy atom. The van der Waals surface area contributed by atoms with Gasteiger partial charge in [0, 0.05) is 12.1 Å². The summed E-state index contributed by atoms with van der Waals surface area (Å²) in [5.41, 5.74) is 6.14. The van der Waals surface area contributed by atoms with Crippen LogP contribution in [0.1, 0.15) is 31.2 Å². The molecule has 19 heavy (non-hydrogen) atoms. The summed E-state index contributed by atoms with van der Waals surface area (Å²) in [7, 11) is -3.41. The van der Waals surface area contributed by atoms with E-state index in [4.69, 9.17) is 18.0 Å². The van der Waals surface area contributed by atoms with Gasteiger partial charge in [-0.3, -0.25) is 0 Å². The van der Waals surface area contributed by atoms with Gasteiger partial charge in [-0.2, -0.15) is 0 Å². The van der Waals surface area contributed by atoms with Crippen LogP contribution < -0.4 is 10.5 Å². The molecular weight excluding hydrogens is 280 g/mol. The third kappa shape index (κ3) is 4.26. The highest BCUT2D eigenvalue weighted by atomic mass is 32.2. The van der Waals surface area contributed by atoms with E-state index in [-0.39, 0.29) is 9.88 Å². The zero-order chi connectivity index (χ0) is 13.9. The molecular formula is C13H18N2O2S2. The molecule has 0 aliphatic heterocycles. The molecule has 0 heterocycles. The fourth-order valence-electron chi connectivity index (χ4n) is 1.89. The summed E-state index contributed by atoms with van der Waals surface area (Å²) in [5.74, 6) is 0.828. The Labute approximate surface area is 119 Å². The lowest BCUT2D eigenvalue weighted by Gasteiger charge is -2.07. The molecule has 1 aromatic rings. The summed E-state index contributed by atoms with van der Waals surface area (Å²) in [4.78, 5) is 0.514. The molecule has 0 saturated heterocycles. The first-order valence-corrected chi connectivity index (χ1v) is 8.28. The van der Waals surface area contributed by atoms with Gasteiger partial charge in [0.15, 0.2) is 0 Å². The largest absolute Gasteiger partial charge is 0.389 e. The summed E-state index contributed by atoms with van der Waals surface area (Å²) >= 11 is 4.83. The van der Waals surface area contributed by atoms with Crippen molar-refractivity contribution in [2.45, 2.75) is 30.6 Å². The Morgan fingerprint density at radius 1 is 1.32 bits per heavy atom. The Morgan fingerprint density at radius 2 is 1.95 bits per heavy atom. The van der Waals surface area contributed by atoms with E-state index in [0.717, 1.165) is 18.8 Å². The van der Waals surface area contributed by atoms with E-state index in [9.17, 15) is 8.42 Å². The van der Waals surface area contributed by atoms with E-state index >= 15 is 0 Å². The highest BCUT2D eigenvalue weighted by Crippen LogP contribution is 2.33. The van der Waals surface area contributed by atoms with Gasteiger partial charge in [0.2, 0.25) is 10.0 Å². The van der Waals surface area contributed by atoms with E-state index in [2.05, 4.69) is 4.72 Å². The van der Waals surface area contributed by atoms with Gasteiger partial charge in [-0.25, -0.2) is 13.1 Å². The van der Waals surface area contributed by atoms with Crippen LogP contribution in [0.2, 0.25) is 0 Å². The number of rotatable bonds is 7. The highest BCUT2D eigenvalue weighted by Gasteiger charge is 2.20. The van der Waals surface area contributed by atoms with Gasteiger partial charge in [-0.05, 0) is 30.9 Å². The number of hydrogen-bond donors (Lipinski definition) is 2. The van der Waals surface area contributed by atoms with E-state index in [1.165, 1.54) is 25.0 Å². The number of benzene rings is 1. The molecule has 104 valence electrons. The van der Waals surface area contributed by atoms with Crippen LogP contribution in [0.4, 0.5) is 0 Å². The minimum Gasteiger partial charge on any atom is -0.389 e. The third-order valence-electron chi connectivity index (χ3n) is 3.23. The number of hydrogen-bond acceptors (Lipinski definition) is 3. The first kappa shape index (κ1) is 14.4. The minimum atomic E-state index is -3.41. The van der Waals surface area contributed by atoms with Crippen molar-refractivity contribution >= 4 is 27.2 Å². The molecule has 1 saturated carbocycles. The second-order valence-electron chi connectivity index (χ2n) is 4.87. The van der Waals surface area contributed by atoms with Crippen molar-refractivity contribution < 1.29 is 8.42 Å². The van der Waals surface area contributed by atoms with Crippen LogP contribution in [0, 0.1) is 5.92 Å². The van der Waals surface area contributed by atoms with E-state index in [1.807, 2.05) is 0 Å². The number of thiocarbonyl (C=S) groups is 1. The number of sulfonamides is 1. The Bertz CT molecular complexity index is 549. The van der Waals surface area contributed by atoms with Gasteiger partial charge < -0.3 is 5.73 Å². The molecule has 0 aromatic heterocycles. The van der Waals surface area contributed by atoms with Crippen LogP contribution in [0.5, 0.6) is 0 Å². The monoisotopic (exact) mass is 298 g/mol. The SMILES string of the molecule is NC(=S)c1ccc(S(=O)(=O)NCCCC2CC2)cc1. The van der Waals surface area contributed by atoms with Gasteiger partial charge in [0.05, 0.1) is 4.90 Å². The average Bonchev–Trinajstić information content (AvgIpc) is 3.19. The van der Waals surface area contributed by atoms with Gasteiger partial charge in [-0.1, -0.05) is 37.2 Å². The van der Waals surface area contributed by atoms with Crippen LogP contribution in [0.25, 0.3) is 0 Å². The third-order valence-corrected chi connectivity index (χ3v) is 4.94. The van der Waals surface area contributed by atoms with Crippen molar-refractivity contribution in [1.82, 2.24) is 4.72 Å². The van der Waals surface area contributed by atoms with Crippen molar-refractivity contribution in [2.75, 3.05) is 6.54 Å². The normalized spacial score (nSPS) is 15.4. The van der Waals surface area contributed by atoms with Crippen LogP contribution >= 0.6 is 12.2 Å². The fraction of sp³-hybridized carbons (Fsp3) is 0.462. The lowest BCUT2D eigenvalue weighted by atomic mass is 10.2. The van der Waals surface area contributed by atoms with E-state index in [0.29, 0.717) is 12.1 Å². The molecule has 1 aromatic carbocycles. The molecule has 0 spiro atoms. The summed E-state index contributed by atoms with van der Waals surface area (Å²) in [5, 5.41) is 0. The van der Waals surface area contributed by atoms with Crippen LogP contribution in [-0.4, -0.2) is 20.0 Å². The lowest BCUT2D eigenvalue weighted by Crippen LogP contribution is -2.25. The van der Waals surface area contributed by atoms with Crippen molar-refractivity contribution in [3.05, 3.63) is 29.8 Å². The molecule has 0 amide bonds.